The number of halogens is 4. The average Bonchev–Trinajstić information content (AvgIpc) is 3.14. The van der Waals surface area contributed by atoms with E-state index >= 15 is 4.39 Å². The number of aromatic nitrogens is 1. The van der Waals surface area contributed by atoms with Gasteiger partial charge in [0.15, 0.2) is 10.8 Å². The molecule has 2 heterocycles. The van der Waals surface area contributed by atoms with E-state index in [2.05, 4.69) is 15.3 Å². The number of ether oxygens (including phenoxy) is 1. The summed E-state index contributed by atoms with van der Waals surface area (Å²) in [4.78, 5) is 24.2. The average molecular weight is 579 g/mol. The van der Waals surface area contributed by atoms with Crippen LogP contribution in [0.3, 0.4) is 0 Å². The Morgan fingerprint density at radius 2 is 2.05 bits per heavy atom. The molecular formula is C26H26F4N6O3S. The Kier molecular flexibility index (Phi) is 8.27. The number of anilines is 3. The highest BCUT2D eigenvalue weighted by atomic mass is 32.1. The molecule has 2 fully saturated rings. The second-order valence-corrected chi connectivity index (χ2v) is 9.57. The van der Waals surface area contributed by atoms with Crippen LogP contribution in [0.5, 0.6) is 0 Å². The molecule has 1 saturated carbocycles. The number of hydrogen-bond acceptors (Lipinski definition) is 8. The molecule has 212 valence electrons. The Morgan fingerprint density at radius 1 is 1.32 bits per heavy atom. The van der Waals surface area contributed by atoms with E-state index in [9.17, 15) is 23.1 Å². The monoisotopic (exact) mass is 578 g/mol. The normalized spacial score (nSPS) is 16.8. The molecule has 1 aromatic heterocycles. The number of nitriles is 1. The van der Waals surface area contributed by atoms with Gasteiger partial charge in [-0.2, -0.15) is 18.4 Å². The third-order valence-electron chi connectivity index (χ3n) is 6.76. The first-order valence-electron chi connectivity index (χ1n) is 12.5. The summed E-state index contributed by atoms with van der Waals surface area (Å²) in [5.74, 6) is -1.20. The van der Waals surface area contributed by atoms with Crippen molar-refractivity contribution in [1.82, 2.24) is 4.98 Å². The van der Waals surface area contributed by atoms with Gasteiger partial charge in [-0.3, -0.25) is 14.7 Å². The fraction of sp³-hybridized carbons (Fsp3) is 0.423. The summed E-state index contributed by atoms with van der Waals surface area (Å²) in [7, 11) is 1.51. The third kappa shape index (κ3) is 4.95. The number of carbonyl (C=O) groups is 1. The highest BCUT2D eigenvalue weighted by molar-refractivity contribution is 7.81. The lowest BCUT2D eigenvalue weighted by Crippen LogP contribution is -2.55. The van der Waals surface area contributed by atoms with Crippen molar-refractivity contribution in [3.05, 3.63) is 47.0 Å². The number of carbonyl (C=O) groups excluding carboxylic acids is 1. The Morgan fingerprint density at radius 3 is 2.60 bits per heavy atom. The quantitative estimate of drug-likeness (QED) is 0.205. The minimum atomic E-state index is -4.89. The number of rotatable bonds is 8. The number of thiocarbonyl (C=S) groups is 1. The van der Waals surface area contributed by atoms with E-state index in [0.29, 0.717) is 38.3 Å². The van der Waals surface area contributed by atoms with E-state index in [4.69, 9.17) is 22.2 Å². The van der Waals surface area contributed by atoms with Gasteiger partial charge in [0.25, 0.3) is 5.91 Å². The summed E-state index contributed by atoms with van der Waals surface area (Å²) in [5.41, 5.74) is -3.14. The molecule has 1 saturated heterocycles. The number of hydrogen-bond donors (Lipinski definition) is 2. The second-order valence-electron chi connectivity index (χ2n) is 9.20. The van der Waals surface area contributed by atoms with Crippen LogP contribution < -0.4 is 15.1 Å². The van der Waals surface area contributed by atoms with E-state index < -0.39 is 34.7 Å². The summed E-state index contributed by atoms with van der Waals surface area (Å²) in [5, 5.41) is 21.0. The predicted molar refractivity (Wildman–Crippen MR) is 144 cm³/mol. The maximum absolute atomic E-state index is 15.5. The molecular weight excluding hydrogens is 552 g/mol. The van der Waals surface area contributed by atoms with Gasteiger partial charge in [-0.05, 0) is 56.1 Å². The van der Waals surface area contributed by atoms with E-state index in [1.165, 1.54) is 24.1 Å². The Labute approximate surface area is 233 Å². The number of aliphatic hydroxyl groups is 1. The first kappa shape index (κ1) is 29.2. The van der Waals surface area contributed by atoms with Crippen molar-refractivity contribution >= 4 is 46.2 Å². The van der Waals surface area contributed by atoms with Crippen LogP contribution in [0.4, 0.5) is 34.6 Å². The van der Waals surface area contributed by atoms with Gasteiger partial charge in [0.05, 0.1) is 35.3 Å². The molecule has 1 aliphatic carbocycles. The molecule has 0 unspecified atom stereocenters. The van der Waals surface area contributed by atoms with Gasteiger partial charge >= 0.3 is 6.18 Å². The van der Waals surface area contributed by atoms with Gasteiger partial charge in [0.1, 0.15) is 24.0 Å². The second kappa shape index (κ2) is 11.3. The van der Waals surface area contributed by atoms with Gasteiger partial charge in [-0.25, -0.2) is 9.37 Å². The Hall–Kier alpha value is -3.83. The highest BCUT2D eigenvalue weighted by Gasteiger charge is 2.60. The number of benzene rings is 1. The fourth-order valence-corrected chi connectivity index (χ4v) is 5.27. The van der Waals surface area contributed by atoms with Crippen molar-refractivity contribution in [3.8, 4) is 6.07 Å². The van der Waals surface area contributed by atoms with Crippen molar-refractivity contribution in [2.45, 2.75) is 44.3 Å². The molecule has 1 aromatic carbocycles. The first-order chi connectivity index (χ1) is 19.0. The maximum Gasteiger partial charge on any atom is 0.419 e. The summed E-state index contributed by atoms with van der Waals surface area (Å²) < 4.78 is 62.1. The molecule has 0 atom stereocenters. The highest BCUT2D eigenvalue weighted by Crippen LogP contribution is 2.49. The van der Waals surface area contributed by atoms with Crippen molar-refractivity contribution in [1.29, 1.82) is 5.26 Å². The van der Waals surface area contributed by atoms with Crippen molar-refractivity contribution in [2.24, 2.45) is 4.99 Å². The molecule has 2 aromatic rings. The van der Waals surface area contributed by atoms with Crippen LogP contribution in [0.1, 0.15) is 49.4 Å². The Bertz CT molecular complexity index is 1400. The van der Waals surface area contributed by atoms with Crippen molar-refractivity contribution in [3.63, 3.8) is 0 Å². The van der Waals surface area contributed by atoms with Gasteiger partial charge in [0.2, 0.25) is 5.90 Å². The zero-order valence-corrected chi connectivity index (χ0v) is 22.5. The summed E-state index contributed by atoms with van der Waals surface area (Å²) >= 11 is 5.63. The predicted octanol–water partition coefficient (Wildman–Crippen LogP) is 4.38. The summed E-state index contributed by atoms with van der Waals surface area (Å²) in [6, 6.07) is 4.81. The fourth-order valence-electron chi connectivity index (χ4n) is 4.80. The van der Waals surface area contributed by atoms with Crippen molar-refractivity contribution in [2.75, 3.05) is 41.9 Å². The van der Waals surface area contributed by atoms with Gasteiger partial charge in [-0.1, -0.05) is 6.92 Å². The third-order valence-corrected chi connectivity index (χ3v) is 7.12. The zero-order valence-electron chi connectivity index (χ0n) is 21.7. The largest absolute Gasteiger partial charge is 0.475 e. The molecule has 2 N–H and O–H groups in total. The molecule has 40 heavy (non-hydrogen) atoms. The molecule has 0 bridgehead atoms. The van der Waals surface area contributed by atoms with Crippen LogP contribution in [-0.2, 0) is 15.7 Å². The van der Waals surface area contributed by atoms with Crippen LogP contribution in [-0.4, -0.2) is 59.4 Å². The number of amides is 1. The van der Waals surface area contributed by atoms with Gasteiger partial charge < -0.3 is 20.1 Å². The Balaban J connectivity index is 1.86. The van der Waals surface area contributed by atoms with E-state index in [1.54, 1.807) is 6.07 Å². The van der Waals surface area contributed by atoms with Crippen LogP contribution >= 0.6 is 12.2 Å². The number of nitrogens with one attached hydrogen (secondary N) is 1. The number of pyridine rings is 1. The molecule has 2 aliphatic rings. The molecule has 1 aliphatic heterocycles. The molecule has 0 radical (unpaired) electrons. The molecule has 1 spiro atoms. The topological polar surface area (TPSA) is 114 Å². The van der Waals surface area contributed by atoms with Crippen molar-refractivity contribution < 1.29 is 32.2 Å². The van der Waals surface area contributed by atoms with Crippen LogP contribution in [0.15, 0.2) is 29.4 Å². The van der Waals surface area contributed by atoms with E-state index in [1.807, 2.05) is 6.92 Å². The molecule has 14 heteroatoms. The number of nitrogens with zero attached hydrogens (tertiary/aromatic N) is 5. The number of aliphatic hydroxyl groups excluding tert-OH is 1. The minimum Gasteiger partial charge on any atom is -0.475 e. The van der Waals surface area contributed by atoms with Crippen LogP contribution in [0, 0.1) is 17.1 Å². The lowest BCUT2D eigenvalue weighted by molar-refractivity contribution is -0.138. The minimum absolute atomic E-state index is 0.0682. The maximum atomic E-state index is 15.5. The molecule has 9 nitrogen and oxygen atoms in total. The van der Waals surface area contributed by atoms with Gasteiger partial charge in [-0.15, -0.1) is 0 Å². The lowest BCUT2D eigenvalue weighted by Gasteiger charge is -2.43. The smallest absolute Gasteiger partial charge is 0.419 e. The first-order valence-corrected chi connectivity index (χ1v) is 12.9. The van der Waals surface area contributed by atoms with Crippen LogP contribution in [0.25, 0.3) is 0 Å². The standard InChI is InChI=1S/C26H26F4N6O3S/c1-3-7-33-22(39-9-8-37)17-10-15(12-19(27)21(17)32-2)36-24(40)35(23(38)25(36)5-4-6-25)16-11-18(26(28,29)30)20(13-31)34-14-16/h10-12,14,32,37H,3-9H2,1-2H3. The van der Waals surface area contributed by atoms with E-state index in [0.717, 1.165) is 11.1 Å². The van der Waals surface area contributed by atoms with Gasteiger partial charge in [0, 0.05) is 19.3 Å². The van der Waals surface area contributed by atoms with E-state index in [-0.39, 0.29) is 46.8 Å². The number of aliphatic imine (C=N–C) groups is 1. The number of alkyl halides is 3. The molecule has 4 rings (SSSR count). The summed E-state index contributed by atoms with van der Waals surface area (Å²) in [6.07, 6.45) is -1.92. The zero-order chi connectivity index (χ0) is 29.2. The summed E-state index contributed by atoms with van der Waals surface area (Å²) in [6.45, 7) is 1.86. The SMILES string of the molecule is CCCN=C(OCCO)c1cc(N2C(=S)N(c3cnc(C#N)c(C(F)(F)F)c3)C(=O)C23CCC3)cc(F)c1NC. The lowest BCUT2D eigenvalue weighted by atomic mass is 9.75. The van der Waals surface area contributed by atoms with Crippen LogP contribution in [0.2, 0.25) is 0 Å². The molecule has 1 amide bonds.